The van der Waals surface area contributed by atoms with Crippen molar-refractivity contribution >= 4 is 65.4 Å². The number of rotatable bonds is 5. The second kappa shape index (κ2) is 12.9. The topological polar surface area (TPSA) is 52.1 Å². The number of hydrogen-bond acceptors (Lipinski definition) is 4. The Hall–Kier alpha value is -7.82. The SMILES string of the molecule is c1ccc2cc(-c3cc(-c4cccc5ccccc45)ccc3-c3nc(-c4cccc5c4oc4ccccc45)cc(-c4cccc5c4oc4ccccc45)n3)ccc2c1. The fourth-order valence-electron chi connectivity index (χ4n) is 8.72. The van der Waals surface area contributed by atoms with Crippen molar-refractivity contribution in [2.75, 3.05) is 0 Å². The second-order valence-corrected chi connectivity index (χ2v) is 14.9. The van der Waals surface area contributed by atoms with Gasteiger partial charge in [0.25, 0.3) is 0 Å². The summed E-state index contributed by atoms with van der Waals surface area (Å²) in [6.45, 7) is 0. The third-order valence-electron chi connectivity index (χ3n) is 11.5. The van der Waals surface area contributed by atoms with Crippen LogP contribution < -0.4 is 0 Å². The van der Waals surface area contributed by atoms with Crippen LogP contribution in [0.25, 0.3) is 122 Å². The van der Waals surface area contributed by atoms with Gasteiger partial charge in [0.05, 0.1) is 11.4 Å². The molecule has 12 rings (SSSR count). The monoisotopic (exact) mass is 740 g/mol. The Bertz CT molecular complexity index is 3460. The summed E-state index contributed by atoms with van der Waals surface area (Å²) in [5, 5.41) is 9.02. The highest BCUT2D eigenvalue weighted by atomic mass is 16.3. The molecule has 0 N–H and O–H groups in total. The van der Waals surface area contributed by atoms with Gasteiger partial charge in [-0.15, -0.1) is 0 Å². The van der Waals surface area contributed by atoms with Gasteiger partial charge in [0.2, 0.25) is 0 Å². The molecule has 0 spiro atoms. The van der Waals surface area contributed by atoms with Crippen LogP contribution in [-0.2, 0) is 0 Å². The highest BCUT2D eigenvalue weighted by Gasteiger charge is 2.21. The Morgan fingerprint density at radius 3 is 1.48 bits per heavy atom. The molecule has 0 bridgehead atoms. The lowest BCUT2D eigenvalue weighted by Crippen LogP contribution is -1.98. The van der Waals surface area contributed by atoms with Crippen LogP contribution in [0.2, 0.25) is 0 Å². The van der Waals surface area contributed by atoms with Crippen molar-refractivity contribution in [2.45, 2.75) is 0 Å². The van der Waals surface area contributed by atoms with Crippen LogP contribution >= 0.6 is 0 Å². The number of hydrogen-bond donors (Lipinski definition) is 0. The van der Waals surface area contributed by atoms with E-state index in [4.69, 9.17) is 18.8 Å². The molecule has 0 aliphatic carbocycles. The van der Waals surface area contributed by atoms with Gasteiger partial charge in [0.1, 0.15) is 22.3 Å². The summed E-state index contributed by atoms with van der Waals surface area (Å²) in [6.07, 6.45) is 0. The zero-order valence-electron chi connectivity index (χ0n) is 31.2. The highest BCUT2D eigenvalue weighted by Crippen LogP contribution is 2.42. The summed E-state index contributed by atoms with van der Waals surface area (Å²) in [5.74, 6) is 0.612. The van der Waals surface area contributed by atoms with Crippen molar-refractivity contribution in [3.05, 3.63) is 194 Å². The molecule has 0 atom stereocenters. The molecule has 0 radical (unpaired) electrons. The van der Waals surface area contributed by atoms with E-state index in [1.54, 1.807) is 0 Å². The number of aromatic nitrogens is 2. The fourth-order valence-corrected chi connectivity index (χ4v) is 8.72. The summed E-state index contributed by atoms with van der Waals surface area (Å²) < 4.78 is 13.2. The van der Waals surface area contributed by atoms with E-state index in [0.717, 1.165) is 88.6 Å². The van der Waals surface area contributed by atoms with Crippen LogP contribution in [0, 0.1) is 0 Å². The quantitative estimate of drug-likeness (QED) is 0.176. The van der Waals surface area contributed by atoms with Crippen LogP contribution in [-0.4, -0.2) is 9.97 Å². The van der Waals surface area contributed by atoms with Gasteiger partial charge in [0, 0.05) is 38.2 Å². The van der Waals surface area contributed by atoms with Gasteiger partial charge in [-0.25, -0.2) is 9.97 Å². The van der Waals surface area contributed by atoms with Gasteiger partial charge in [-0.1, -0.05) is 146 Å². The molecule has 0 saturated carbocycles. The van der Waals surface area contributed by atoms with Crippen molar-refractivity contribution in [1.82, 2.24) is 9.97 Å². The zero-order chi connectivity index (χ0) is 38.2. The molecule has 12 aromatic rings. The minimum Gasteiger partial charge on any atom is -0.455 e. The van der Waals surface area contributed by atoms with E-state index < -0.39 is 0 Å². The molecule has 3 heterocycles. The van der Waals surface area contributed by atoms with E-state index in [2.05, 4.69) is 170 Å². The van der Waals surface area contributed by atoms with Crippen molar-refractivity contribution in [3.8, 4) is 56.2 Å². The van der Waals surface area contributed by atoms with E-state index in [-0.39, 0.29) is 0 Å². The first-order chi connectivity index (χ1) is 28.7. The number of fused-ring (bicyclic) bond motifs is 8. The molecule has 0 saturated heterocycles. The molecule has 0 fully saturated rings. The van der Waals surface area contributed by atoms with E-state index in [1.165, 1.54) is 27.1 Å². The van der Waals surface area contributed by atoms with Crippen LogP contribution in [0.3, 0.4) is 0 Å². The first-order valence-electron chi connectivity index (χ1n) is 19.6. The molecule has 9 aromatic carbocycles. The fraction of sp³-hybridized carbons (Fsp3) is 0. The van der Waals surface area contributed by atoms with E-state index in [0.29, 0.717) is 5.82 Å². The molecule has 0 amide bonds. The third kappa shape index (κ3) is 5.16. The molecule has 0 unspecified atom stereocenters. The largest absolute Gasteiger partial charge is 0.455 e. The first-order valence-corrected chi connectivity index (χ1v) is 19.6. The minimum absolute atomic E-state index is 0.612. The Morgan fingerprint density at radius 1 is 0.293 bits per heavy atom. The average molecular weight is 741 g/mol. The first kappa shape index (κ1) is 32.4. The van der Waals surface area contributed by atoms with E-state index >= 15 is 0 Å². The molecular formula is C54H32N2O2. The van der Waals surface area contributed by atoms with Gasteiger partial charge in [-0.2, -0.15) is 0 Å². The van der Waals surface area contributed by atoms with Crippen molar-refractivity contribution in [2.24, 2.45) is 0 Å². The maximum atomic E-state index is 6.59. The summed E-state index contributed by atoms with van der Waals surface area (Å²) in [4.78, 5) is 10.9. The van der Waals surface area contributed by atoms with Crippen molar-refractivity contribution in [3.63, 3.8) is 0 Å². The number of benzene rings is 9. The van der Waals surface area contributed by atoms with Gasteiger partial charge in [0.15, 0.2) is 5.82 Å². The average Bonchev–Trinajstić information content (AvgIpc) is 3.87. The molecule has 4 heteroatoms. The predicted molar refractivity (Wildman–Crippen MR) is 239 cm³/mol. The molecule has 58 heavy (non-hydrogen) atoms. The molecule has 270 valence electrons. The maximum absolute atomic E-state index is 6.59. The van der Waals surface area contributed by atoms with Gasteiger partial charge >= 0.3 is 0 Å². The van der Waals surface area contributed by atoms with Gasteiger partial charge in [-0.3, -0.25) is 0 Å². The normalized spacial score (nSPS) is 11.8. The predicted octanol–water partition coefficient (Wildman–Crippen LogP) is 14.9. The van der Waals surface area contributed by atoms with Crippen molar-refractivity contribution < 1.29 is 8.83 Å². The van der Waals surface area contributed by atoms with Crippen LogP contribution in [0.1, 0.15) is 0 Å². The number of furan rings is 2. The van der Waals surface area contributed by atoms with Crippen molar-refractivity contribution in [1.29, 1.82) is 0 Å². The number of nitrogens with zero attached hydrogens (tertiary/aromatic N) is 2. The lowest BCUT2D eigenvalue weighted by atomic mass is 9.91. The van der Waals surface area contributed by atoms with E-state index in [1.807, 2.05) is 24.3 Å². The molecule has 0 aliphatic rings. The summed E-state index contributed by atoms with van der Waals surface area (Å²) in [7, 11) is 0. The van der Waals surface area contributed by atoms with Gasteiger partial charge < -0.3 is 8.83 Å². The summed E-state index contributed by atoms with van der Waals surface area (Å²) in [5.41, 5.74) is 12.0. The van der Waals surface area contributed by atoms with Crippen LogP contribution in [0.4, 0.5) is 0 Å². The molecular weight excluding hydrogens is 709 g/mol. The lowest BCUT2D eigenvalue weighted by Gasteiger charge is -2.16. The summed E-state index contributed by atoms with van der Waals surface area (Å²) >= 11 is 0. The van der Waals surface area contributed by atoms with Gasteiger partial charge in [-0.05, 0) is 92.3 Å². The highest BCUT2D eigenvalue weighted by molar-refractivity contribution is 6.11. The smallest absolute Gasteiger partial charge is 0.161 e. The second-order valence-electron chi connectivity index (χ2n) is 14.9. The zero-order valence-corrected chi connectivity index (χ0v) is 31.2. The van der Waals surface area contributed by atoms with Crippen LogP contribution in [0.5, 0.6) is 0 Å². The molecule has 4 nitrogen and oxygen atoms in total. The molecule has 3 aromatic heterocycles. The Kier molecular flexibility index (Phi) is 7.20. The summed E-state index contributed by atoms with van der Waals surface area (Å²) in [6, 6.07) is 68.0. The molecule has 0 aliphatic heterocycles. The maximum Gasteiger partial charge on any atom is 0.161 e. The van der Waals surface area contributed by atoms with Crippen LogP contribution in [0.15, 0.2) is 203 Å². The lowest BCUT2D eigenvalue weighted by molar-refractivity contribution is 0.669. The Morgan fingerprint density at radius 2 is 0.793 bits per heavy atom. The third-order valence-corrected chi connectivity index (χ3v) is 11.5. The minimum atomic E-state index is 0.612. The van der Waals surface area contributed by atoms with E-state index in [9.17, 15) is 0 Å². The Balaban J connectivity index is 1.15. The standard InChI is InChI=1S/C54H32N2O2/c1-2-14-35-30-36(27-26-33(35)12-1)47-31-37(39-19-9-15-34-13-3-4-16-38(34)39)28-29-44(47)54-55-48(45-22-10-20-42-40-17-5-7-24-50(40)57-52(42)45)32-49(56-54)46-23-11-21-43-41-18-6-8-25-51(41)58-53(43)46/h1-32H. The Labute approximate surface area is 333 Å². The number of para-hydroxylation sites is 4.